The fourth-order valence-corrected chi connectivity index (χ4v) is 2.47. The smallest absolute Gasteiger partial charge is 0.358 e. The van der Waals surface area contributed by atoms with Crippen molar-refractivity contribution in [2.75, 3.05) is 0 Å². The molecule has 0 spiro atoms. The first-order valence-corrected chi connectivity index (χ1v) is 6.64. The number of aryl methyl sites for hydroxylation is 1. The lowest BCUT2D eigenvalue weighted by molar-refractivity contribution is 0.465. The quantitative estimate of drug-likeness (QED) is 0.855. The van der Waals surface area contributed by atoms with Gasteiger partial charge in [0.2, 0.25) is 0 Å². The lowest BCUT2D eigenvalue weighted by atomic mass is 9.97. The predicted octanol–water partition coefficient (Wildman–Crippen LogP) is 1.18. The number of nitrogens with zero attached hydrogens (tertiary/aromatic N) is 3. The number of rotatable bonds is 1. The number of hydrogen-bond donors (Lipinski definition) is 1. The molecule has 6 heteroatoms. The van der Waals surface area contributed by atoms with Crippen LogP contribution in [0.4, 0.5) is 0 Å². The van der Waals surface area contributed by atoms with Crippen LogP contribution in [0.25, 0.3) is 5.69 Å². The molecule has 21 heavy (non-hydrogen) atoms. The van der Waals surface area contributed by atoms with Gasteiger partial charge in [-0.15, -0.1) is 0 Å². The maximum Gasteiger partial charge on any atom is 0.358 e. The van der Waals surface area contributed by atoms with Gasteiger partial charge < -0.3 is 5.11 Å². The van der Waals surface area contributed by atoms with Gasteiger partial charge in [0, 0.05) is 12.6 Å². The van der Waals surface area contributed by atoms with Crippen molar-refractivity contribution in [1.29, 1.82) is 0 Å². The van der Waals surface area contributed by atoms with Crippen LogP contribution in [0.1, 0.15) is 28.1 Å². The van der Waals surface area contributed by atoms with Crippen LogP contribution in [0.3, 0.4) is 0 Å². The van der Waals surface area contributed by atoms with E-state index in [-0.39, 0.29) is 5.75 Å². The van der Waals surface area contributed by atoms with Gasteiger partial charge in [-0.2, -0.15) is 4.98 Å². The van der Waals surface area contributed by atoms with E-state index in [1.165, 1.54) is 4.57 Å². The maximum atomic E-state index is 12.4. The van der Waals surface area contributed by atoms with Crippen LogP contribution >= 0.6 is 0 Å². The summed E-state index contributed by atoms with van der Waals surface area (Å²) in [5, 5.41) is 10.2. The van der Waals surface area contributed by atoms with E-state index in [1.54, 1.807) is 20.9 Å². The highest BCUT2D eigenvalue weighted by atomic mass is 16.3. The van der Waals surface area contributed by atoms with Crippen molar-refractivity contribution in [2.24, 2.45) is 7.05 Å². The zero-order valence-corrected chi connectivity index (χ0v) is 13.1. The second kappa shape index (κ2) is 4.87. The average Bonchev–Trinajstić information content (AvgIpc) is 2.44. The Bertz CT molecular complexity index is 831. The molecule has 0 aliphatic carbocycles. The normalized spacial score (nSPS) is 11.0. The van der Waals surface area contributed by atoms with Crippen molar-refractivity contribution >= 4 is 0 Å². The fourth-order valence-electron chi connectivity index (χ4n) is 2.47. The third-order valence-electron chi connectivity index (χ3n) is 4.18. The number of hydrogen-bond acceptors (Lipinski definition) is 4. The summed E-state index contributed by atoms with van der Waals surface area (Å²) < 4.78 is 2.33. The minimum Gasteiger partial charge on any atom is -0.507 e. The van der Waals surface area contributed by atoms with Crippen LogP contribution < -0.4 is 11.4 Å². The molecule has 0 aliphatic rings. The van der Waals surface area contributed by atoms with Gasteiger partial charge in [-0.3, -0.25) is 4.57 Å². The van der Waals surface area contributed by atoms with Gasteiger partial charge in [0.05, 0.1) is 5.69 Å². The molecule has 0 unspecified atom stereocenters. The summed E-state index contributed by atoms with van der Waals surface area (Å²) in [6, 6.07) is 0. The highest BCUT2D eigenvalue weighted by Crippen LogP contribution is 2.32. The van der Waals surface area contributed by atoms with Crippen molar-refractivity contribution in [2.45, 2.75) is 34.6 Å². The molecule has 0 bridgehead atoms. The van der Waals surface area contributed by atoms with Gasteiger partial charge in [0.1, 0.15) is 11.6 Å². The molecule has 2 rings (SSSR count). The van der Waals surface area contributed by atoms with Gasteiger partial charge in [-0.1, -0.05) is 0 Å². The Hall–Kier alpha value is -2.37. The molecule has 112 valence electrons. The number of phenols is 1. The van der Waals surface area contributed by atoms with Crippen LogP contribution in [0.5, 0.6) is 5.75 Å². The summed E-state index contributed by atoms with van der Waals surface area (Å²) in [6.07, 6.45) is 0. The van der Waals surface area contributed by atoms with Crippen LogP contribution in [-0.4, -0.2) is 19.2 Å². The highest BCUT2D eigenvalue weighted by Gasteiger charge is 2.19. The van der Waals surface area contributed by atoms with Gasteiger partial charge in [-0.25, -0.2) is 14.2 Å². The number of aromatic hydroxyl groups is 1. The van der Waals surface area contributed by atoms with E-state index in [4.69, 9.17) is 0 Å². The zero-order valence-electron chi connectivity index (χ0n) is 13.1. The Labute approximate surface area is 122 Å². The molecule has 6 nitrogen and oxygen atoms in total. The molecule has 2 aromatic rings. The molecule has 1 aromatic carbocycles. The lowest BCUT2D eigenvalue weighted by Crippen LogP contribution is -2.41. The van der Waals surface area contributed by atoms with Crippen LogP contribution in [0, 0.1) is 34.6 Å². The molecule has 0 fully saturated rings. The van der Waals surface area contributed by atoms with E-state index in [0.29, 0.717) is 17.1 Å². The van der Waals surface area contributed by atoms with Crippen molar-refractivity contribution < 1.29 is 5.11 Å². The zero-order chi connectivity index (χ0) is 16.1. The molecule has 0 radical (unpaired) electrons. The molecular formula is C15H19N3O3. The maximum absolute atomic E-state index is 12.4. The third-order valence-corrected chi connectivity index (χ3v) is 4.18. The van der Waals surface area contributed by atoms with E-state index in [0.717, 1.165) is 21.3 Å². The number of aromatic nitrogens is 3. The van der Waals surface area contributed by atoms with Crippen LogP contribution in [0.2, 0.25) is 0 Å². The standard InChI is InChI=1S/C15H19N3O3/c1-7-8(2)12(10(4)13(19)9(7)3)18-14(20)16-11(5)17(6)15(18)21/h19H,1-6H3. The summed E-state index contributed by atoms with van der Waals surface area (Å²) in [7, 11) is 1.56. The molecule has 0 aliphatic heterocycles. The summed E-state index contributed by atoms with van der Waals surface area (Å²) in [5.74, 6) is 0.451. The van der Waals surface area contributed by atoms with Crippen molar-refractivity contribution in [3.63, 3.8) is 0 Å². The first kappa shape index (κ1) is 15.0. The Morgan fingerprint density at radius 1 is 0.905 bits per heavy atom. The SMILES string of the molecule is Cc1c(C)c(O)c(C)c(-n2c(=O)nc(C)n(C)c2=O)c1C. The summed E-state index contributed by atoms with van der Waals surface area (Å²) in [5.41, 5.74) is 2.19. The number of phenolic OH excluding ortho intramolecular Hbond substituents is 1. The highest BCUT2D eigenvalue weighted by molar-refractivity contribution is 5.60. The van der Waals surface area contributed by atoms with Gasteiger partial charge >= 0.3 is 11.4 Å². The Morgan fingerprint density at radius 2 is 1.48 bits per heavy atom. The number of benzene rings is 1. The lowest BCUT2D eigenvalue weighted by Gasteiger charge is -2.18. The summed E-state index contributed by atoms with van der Waals surface area (Å²) >= 11 is 0. The second-order valence-electron chi connectivity index (χ2n) is 5.32. The average molecular weight is 289 g/mol. The van der Waals surface area contributed by atoms with E-state index >= 15 is 0 Å². The Kier molecular flexibility index (Phi) is 3.49. The largest absolute Gasteiger partial charge is 0.507 e. The monoisotopic (exact) mass is 289 g/mol. The van der Waals surface area contributed by atoms with Gasteiger partial charge in [-0.05, 0) is 51.3 Å². The van der Waals surface area contributed by atoms with Gasteiger partial charge in [0.15, 0.2) is 0 Å². The van der Waals surface area contributed by atoms with E-state index in [1.807, 2.05) is 20.8 Å². The molecule has 1 aromatic heterocycles. The Morgan fingerprint density at radius 3 is 2.05 bits per heavy atom. The first-order chi connectivity index (χ1) is 9.68. The fraction of sp³-hybridized carbons (Fsp3) is 0.400. The van der Waals surface area contributed by atoms with Gasteiger partial charge in [0.25, 0.3) is 0 Å². The van der Waals surface area contributed by atoms with E-state index in [2.05, 4.69) is 4.98 Å². The molecule has 0 saturated carbocycles. The first-order valence-electron chi connectivity index (χ1n) is 6.64. The summed E-state index contributed by atoms with van der Waals surface area (Å²) in [4.78, 5) is 28.5. The van der Waals surface area contributed by atoms with E-state index < -0.39 is 11.4 Å². The molecule has 0 amide bonds. The Balaban J connectivity index is 3.04. The second-order valence-corrected chi connectivity index (χ2v) is 5.32. The van der Waals surface area contributed by atoms with Crippen molar-refractivity contribution in [3.05, 3.63) is 49.0 Å². The topological polar surface area (TPSA) is 77.1 Å². The summed E-state index contributed by atoms with van der Waals surface area (Å²) in [6.45, 7) is 8.78. The minimum absolute atomic E-state index is 0.0997. The predicted molar refractivity (Wildman–Crippen MR) is 80.4 cm³/mol. The molecular weight excluding hydrogens is 270 g/mol. The van der Waals surface area contributed by atoms with Crippen LogP contribution in [-0.2, 0) is 7.05 Å². The van der Waals surface area contributed by atoms with Crippen molar-refractivity contribution in [1.82, 2.24) is 14.1 Å². The molecule has 0 saturated heterocycles. The molecule has 1 heterocycles. The van der Waals surface area contributed by atoms with E-state index in [9.17, 15) is 14.7 Å². The minimum atomic E-state index is -0.635. The third kappa shape index (κ3) is 2.07. The van der Waals surface area contributed by atoms with Crippen molar-refractivity contribution in [3.8, 4) is 11.4 Å². The molecule has 0 atom stereocenters. The van der Waals surface area contributed by atoms with Crippen LogP contribution in [0.15, 0.2) is 9.59 Å². The molecule has 1 N–H and O–H groups in total.